The molecule has 2 saturated heterocycles. The minimum atomic E-state index is -0.900. The molecule has 3 N–H and O–H groups in total. The van der Waals surface area contributed by atoms with Crippen molar-refractivity contribution in [3.05, 3.63) is 72.1 Å². The Morgan fingerprint density at radius 2 is 1.52 bits per heavy atom. The van der Waals surface area contributed by atoms with Gasteiger partial charge in [-0.3, -0.25) is 9.69 Å². The van der Waals surface area contributed by atoms with Crippen LogP contribution in [0.1, 0.15) is 95.5 Å². The number of hydrogen-bond acceptors (Lipinski definition) is 9. The van der Waals surface area contributed by atoms with Crippen molar-refractivity contribution in [3.63, 3.8) is 0 Å². The van der Waals surface area contributed by atoms with Gasteiger partial charge in [-0.15, -0.1) is 0 Å². The summed E-state index contributed by atoms with van der Waals surface area (Å²) < 4.78 is 22.8. The van der Waals surface area contributed by atoms with E-state index in [0.717, 1.165) is 83.6 Å². The molecule has 0 aliphatic carbocycles. The van der Waals surface area contributed by atoms with E-state index in [1.807, 2.05) is 33.2 Å². The Labute approximate surface area is 327 Å². The zero-order chi connectivity index (χ0) is 39.4. The summed E-state index contributed by atoms with van der Waals surface area (Å²) in [6.07, 6.45) is 6.88. The first-order chi connectivity index (χ1) is 27.0. The number of ether oxygens (including phenoxy) is 4. The molecule has 2 aromatic carbocycles. The Bertz CT molecular complexity index is 2000. The van der Waals surface area contributed by atoms with Crippen LogP contribution < -0.4 is 5.32 Å². The van der Waals surface area contributed by atoms with Crippen LogP contribution in [0.4, 0.5) is 9.59 Å². The summed E-state index contributed by atoms with van der Waals surface area (Å²) in [7, 11) is 1.28. The van der Waals surface area contributed by atoms with E-state index < -0.39 is 23.8 Å². The number of rotatable bonds is 4. The van der Waals surface area contributed by atoms with Crippen molar-refractivity contribution < 1.29 is 33.3 Å². The van der Waals surface area contributed by atoms with Crippen molar-refractivity contribution in [2.24, 2.45) is 0 Å². The molecule has 2 bridgehead atoms. The lowest BCUT2D eigenvalue weighted by molar-refractivity contribution is -0.138. The van der Waals surface area contributed by atoms with Crippen LogP contribution in [0.3, 0.4) is 0 Å². The number of likely N-dealkylation sites (tertiary alicyclic amines) is 1. The van der Waals surface area contributed by atoms with Crippen LogP contribution in [0, 0.1) is 0 Å². The van der Waals surface area contributed by atoms with Gasteiger partial charge in [0.2, 0.25) is 5.91 Å². The lowest BCUT2D eigenvalue weighted by Gasteiger charge is -2.31. The fraction of sp³-hybridized carbons (Fsp3) is 0.500. The molecule has 2 aromatic heterocycles. The number of nitrogens with zero attached hydrogens (tertiary/aromatic N) is 4. The molecule has 298 valence electrons. The number of aromatic nitrogens is 4. The van der Waals surface area contributed by atoms with E-state index in [1.54, 1.807) is 16.7 Å². The van der Waals surface area contributed by atoms with Gasteiger partial charge in [0.15, 0.2) is 0 Å². The van der Waals surface area contributed by atoms with Gasteiger partial charge in [0.05, 0.1) is 55.7 Å². The van der Waals surface area contributed by atoms with Crippen molar-refractivity contribution in [2.45, 2.75) is 103 Å². The Morgan fingerprint density at radius 3 is 2.29 bits per heavy atom. The van der Waals surface area contributed by atoms with Gasteiger partial charge in [0, 0.05) is 31.9 Å². The Morgan fingerprint density at radius 1 is 0.857 bits per heavy atom. The SMILES string of the molecule is COC(=O)N[C@@H]1C(=O)N2CCC[C@H]2c2ncc([nH]2)-c2ccc(-c3ccc(-c4cnc([C@@H]5CCCN5C(=O)OC(C)(C)C)[nH]4)cc3)cc2COCCCCO[C@H]1C. The molecule has 3 amide bonds. The van der Waals surface area contributed by atoms with E-state index in [2.05, 4.69) is 62.7 Å². The number of benzene rings is 2. The first kappa shape index (κ1) is 39.0. The standard InChI is InChI=1S/C42H53N7O7/c1-26-36(47-40(51)53-5)39(50)48-18-8-10-34(48)37-44-24-33(46-37)31-17-16-29(22-30(31)25-54-20-6-7-21-55-26)27-12-14-28(15-13-27)32-23-43-38(45-32)35-11-9-19-49(35)41(52)56-42(2,3)4/h12-17,22-24,26,34-36H,6-11,18-21,25H2,1-5H3,(H,43,45)(H,44,46)(H,47,51)/t26-,34-,35-,36-/m0/s1. The maximum atomic E-state index is 13.9. The highest BCUT2D eigenvalue weighted by Crippen LogP contribution is 2.36. The number of aromatic amines is 2. The van der Waals surface area contributed by atoms with Gasteiger partial charge in [-0.05, 0) is 94.5 Å². The summed E-state index contributed by atoms with van der Waals surface area (Å²) in [5, 5.41) is 2.71. The number of methoxy groups -OCH3 is 1. The van der Waals surface area contributed by atoms with E-state index in [-0.39, 0.29) is 24.1 Å². The molecular weight excluding hydrogens is 715 g/mol. The second-order valence-electron chi connectivity index (χ2n) is 15.8. The van der Waals surface area contributed by atoms with Crippen LogP contribution in [0.2, 0.25) is 0 Å². The summed E-state index contributed by atoms with van der Waals surface area (Å²) in [6.45, 7) is 9.99. The highest BCUT2D eigenvalue weighted by atomic mass is 16.6. The lowest BCUT2D eigenvalue weighted by Crippen LogP contribution is -2.54. The monoisotopic (exact) mass is 767 g/mol. The first-order valence-corrected chi connectivity index (χ1v) is 19.7. The third-order valence-electron chi connectivity index (χ3n) is 10.7. The van der Waals surface area contributed by atoms with E-state index in [1.165, 1.54) is 7.11 Å². The highest BCUT2D eigenvalue weighted by molar-refractivity contribution is 5.87. The number of H-pyrrole nitrogens is 2. The highest BCUT2D eigenvalue weighted by Gasteiger charge is 2.39. The zero-order valence-corrected chi connectivity index (χ0v) is 32.9. The summed E-state index contributed by atoms with van der Waals surface area (Å²) >= 11 is 0. The fourth-order valence-corrected chi connectivity index (χ4v) is 7.80. The molecule has 0 radical (unpaired) electrons. The molecule has 3 aliphatic rings. The number of amides is 3. The maximum Gasteiger partial charge on any atom is 0.410 e. The number of imidazole rings is 2. The molecule has 0 saturated carbocycles. The van der Waals surface area contributed by atoms with E-state index in [0.29, 0.717) is 38.7 Å². The van der Waals surface area contributed by atoms with Crippen molar-refractivity contribution in [1.29, 1.82) is 0 Å². The molecular formula is C42H53N7O7. The smallest absolute Gasteiger partial charge is 0.410 e. The lowest BCUT2D eigenvalue weighted by atomic mass is 9.97. The van der Waals surface area contributed by atoms with Crippen LogP contribution >= 0.6 is 0 Å². The van der Waals surface area contributed by atoms with Gasteiger partial charge >= 0.3 is 12.2 Å². The largest absolute Gasteiger partial charge is 0.453 e. The van der Waals surface area contributed by atoms with Crippen LogP contribution in [0.25, 0.3) is 33.6 Å². The molecule has 0 unspecified atom stereocenters. The Balaban J connectivity index is 1.11. The Hall–Kier alpha value is -5.21. The molecule has 3 aliphatic heterocycles. The maximum absolute atomic E-state index is 13.9. The molecule has 0 spiro atoms. The van der Waals surface area contributed by atoms with Crippen LogP contribution in [-0.4, -0.2) is 99.0 Å². The molecule has 56 heavy (non-hydrogen) atoms. The molecule has 4 atom stereocenters. The Kier molecular flexibility index (Phi) is 11.8. The summed E-state index contributed by atoms with van der Waals surface area (Å²) in [5.74, 6) is 1.23. The summed E-state index contributed by atoms with van der Waals surface area (Å²) in [6, 6.07) is 13.4. The predicted molar refractivity (Wildman–Crippen MR) is 209 cm³/mol. The molecule has 4 aromatic rings. The average Bonchev–Trinajstić information content (AvgIpc) is 4.02. The second kappa shape index (κ2) is 16.9. The van der Waals surface area contributed by atoms with Gasteiger partial charge in [0.25, 0.3) is 0 Å². The van der Waals surface area contributed by atoms with Crippen LogP contribution in [-0.2, 0) is 30.3 Å². The van der Waals surface area contributed by atoms with Crippen LogP contribution in [0.15, 0.2) is 54.9 Å². The molecule has 7 rings (SSSR count). The number of carbonyl (C=O) groups is 3. The van der Waals surface area contributed by atoms with Gasteiger partial charge < -0.3 is 39.1 Å². The summed E-state index contributed by atoms with van der Waals surface area (Å²) in [4.78, 5) is 59.1. The molecule has 14 heteroatoms. The first-order valence-electron chi connectivity index (χ1n) is 19.7. The third kappa shape index (κ3) is 8.76. The van der Waals surface area contributed by atoms with Gasteiger partial charge in [-0.2, -0.15) is 0 Å². The van der Waals surface area contributed by atoms with Crippen LogP contribution in [0.5, 0.6) is 0 Å². The number of fused-ring (bicyclic) bond motifs is 6. The van der Waals surface area contributed by atoms with Crippen molar-refractivity contribution in [2.75, 3.05) is 33.4 Å². The molecule has 14 nitrogen and oxygen atoms in total. The summed E-state index contributed by atoms with van der Waals surface area (Å²) in [5.41, 5.74) is 6.25. The third-order valence-corrected chi connectivity index (χ3v) is 10.7. The molecule has 2 fully saturated rings. The number of carbonyl (C=O) groups excluding carboxylic acids is 3. The van der Waals surface area contributed by atoms with E-state index in [4.69, 9.17) is 23.9 Å². The fourth-order valence-electron chi connectivity index (χ4n) is 7.80. The second-order valence-corrected chi connectivity index (χ2v) is 15.8. The minimum absolute atomic E-state index is 0.149. The topological polar surface area (TPSA) is 164 Å². The van der Waals surface area contributed by atoms with E-state index in [9.17, 15) is 14.4 Å². The minimum Gasteiger partial charge on any atom is -0.453 e. The van der Waals surface area contributed by atoms with Gasteiger partial charge in [-0.1, -0.05) is 36.4 Å². The number of hydrogen-bond donors (Lipinski definition) is 3. The van der Waals surface area contributed by atoms with E-state index >= 15 is 0 Å². The number of nitrogens with one attached hydrogen (secondary N) is 3. The number of alkyl carbamates (subject to hydrolysis) is 1. The average molecular weight is 768 g/mol. The van der Waals surface area contributed by atoms with Crippen molar-refractivity contribution >= 4 is 18.1 Å². The predicted octanol–water partition coefficient (Wildman–Crippen LogP) is 7.31. The van der Waals surface area contributed by atoms with Gasteiger partial charge in [-0.25, -0.2) is 19.6 Å². The normalized spacial score (nSPS) is 22.3. The zero-order valence-electron chi connectivity index (χ0n) is 32.9. The van der Waals surface area contributed by atoms with Gasteiger partial charge in [0.1, 0.15) is 23.3 Å². The molecule has 5 heterocycles. The van der Waals surface area contributed by atoms with Crippen molar-refractivity contribution in [3.8, 4) is 33.6 Å². The quantitative estimate of drug-likeness (QED) is 0.193. The van der Waals surface area contributed by atoms with Crippen molar-refractivity contribution in [1.82, 2.24) is 35.1 Å².